The number of carbonyl (C=O) groups is 3. The molecule has 10 heteroatoms. The van der Waals surface area contributed by atoms with Crippen LogP contribution in [0.1, 0.15) is 36.8 Å². The van der Waals surface area contributed by atoms with Crippen molar-refractivity contribution in [2.24, 2.45) is 17.6 Å². The van der Waals surface area contributed by atoms with Gasteiger partial charge in [-0.1, -0.05) is 48.0 Å². The highest BCUT2D eigenvalue weighted by atomic mass is 32.2. The fraction of sp³-hybridized carbons (Fsp3) is 0.464. The van der Waals surface area contributed by atoms with Crippen LogP contribution in [0.4, 0.5) is 0 Å². The maximum Gasteiger partial charge on any atom is 0.241 e. The summed E-state index contributed by atoms with van der Waals surface area (Å²) in [4.78, 5) is 41.7. The van der Waals surface area contributed by atoms with Gasteiger partial charge in [-0.05, 0) is 56.7 Å². The molecule has 2 aromatic rings. The van der Waals surface area contributed by atoms with Crippen LogP contribution in [0, 0.1) is 18.8 Å². The first-order valence-corrected chi connectivity index (χ1v) is 14.6. The van der Waals surface area contributed by atoms with Crippen molar-refractivity contribution >= 4 is 27.7 Å². The number of nitrogens with zero attached hydrogens (tertiary/aromatic N) is 2. The smallest absolute Gasteiger partial charge is 0.241 e. The molecule has 38 heavy (non-hydrogen) atoms. The second-order valence-electron chi connectivity index (χ2n) is 10.3. The molecule has 9 nitrogen and oxygen atoms in total. The van der Waals surface area contributed by atoms with E-state index in [1.54, 1.807) is 21.9 Å². The third-order valence-corrected chi connectivity index (χ3v) is 9.06. The molecule has 2 aliphatic heterocycles. The molecule has 3 amide bonds. The summed E-state index contributed by atoms with van der Waals surface area (Å²) in [6, 6.07) is 14.9. The topological polar surface area (TPSA) is 130 Å². The Hall–Kier alpha value is -3.24. The number of rotatable bonds is 8. The van der Waals surface area contributed by atoms with Crippen molar-refractivity contribution in [2.75, 3.05) is 26.2 Å². The van der Waals surface area contributed by atoms with E-state index in [0.717, 1.165) is 11.1 Å². The van der Waals surface area contributed by atoms with Crippen LogP contribution in [-0.4, -0.2) is 68.2 Å². The monoisotopic (exact) mass is 540 g/mol. The molecule has 4 rings (SSSR count). The molecule has 2 saturated heterocycles. The lowest BCUT2D eigenvalue weighted by Gasteiger charge is -2.37. The van der Waals surface area contributed by atoms with E-state index in [4.69, 9.17) is 5.73 Å². The lowest BCUT2D eigenvalue weighted by molar-refractivity contribution is -0.143. The van der Waals surface area contributed by atoms with Crippen LogP contribution in [0.2, 0.25) is 0 Å². The van der Waals surface area contributed by atoms with Gasteiger partial charge >= 0.3 is 0 Å². The number of primary amides is 1. The van der Waals surface area contributed by atoms with Gasteiger partial charge in [-0.15, -0.1) is 0 Å². The Bertz CT molecular complexity index is 1230. The van der Waals surface area contributed by atoms with Gasteiger partial charge in [-0.2, -0.15) is 4.72 Å². The number of nitrogens with two attached hydrogens (primary N) is 1. The first kappa shape index (κ1) is 27.8. The Morgan fingerprint density at radius 2 is 1.42 bits per heavy atom. The number of piperidine rings is 2. The molecule has 0 radical (unpaired) electrons. The number of amides is 3. The van der Waals surface area contributed by atoms with Gasteiger partial charge in [0.2, 0.25) is 27.7 Å². The van der Waals surface area contributed by atoms with Crippen LogP contribution in [0.5, 0.6) is 0 Å². The third-order valence-electron chi connectivity index (χ3n) is 7.57. The number of benzene rings is 2. The Kier molecular flexibility index (Phi) is 8.83. The zero-order valence-corrected chi connectivity index (χ0v) is 22.5. The molecular formula is C28H36N4O5S. The van der Waals surface area contributed by atoms with Crippen LogP contribution < -0.4 is 10.5 Å². The quantitative estimate of drug-likeness (QED) is 0.528. The van der Waals surface area contributed by atoms with Gasteiger partial charge in [0, 0.05) is 38.0 Å². The average molecular weight is 541 g/mol. The highest BCUT2D eigenvalue weighted by Gasteiger charge is 2.35. The Labute approximate surface area is 224 Å². The molecule has 3 N–H and O–H groups in total. The van der Waals surface area contributed by atoms with Crippen LogP contribution in [0.3, 0.4) is 0 Å². The van der Waals surface area contributed by atoms with Crippen LogP contribution >= 0.6 is 0 Å². The maximum atomic E-state index is 13.6. The number of sulfonamides is 1. The van der Waals surface area contributed by atoms with Gasteiger partial charge < -0.3 is 15.5 Å². The summed E-state index contributed by atoms with van der Waals surface area (Å²) in [5, 5.41) is 0. The highest BCUT2D eigenvalue weighted by Crippen LogP contribution is 2.25. The summed E-state index contributed by atoms with van der Waals surface area (Å²) in [5.41, 5.74) is 7.19. The van der Waals surface area contributed by atoms with Gasteiger partial charge in [-0.3, -0.25) is 14.4 Å². The van der Waals surface area contributed by atoms with Crippen LogP contribution in [0.25, 0.3) is 0 Å². The Morgan fingerprint density at radius 1 is 0.868 bits per heavy atom. The molecule has 0 unspecified atom stereocenters. The van der Waals surface area contributed by atoms with Gasteiger partial charge in [0.05, 0.1) is 4.90 Å². The Balaban J connectivity index is 1.41. The molecule has 0 saturated carbocycles. The SMILES string of the molecule is Cc1ccc(S(=O)(=O)N[C@@H](Cc2ccccc2)C(=O)N2CCC(C(=O)N3CCC(C(N)=O)CC3)CC2)cc1. The van der Waals surface area contributed by atoms with Crippen molar-refractivity contribution in [1.82, 2.24) is 14.5 Å². The maximum absolute atomic E-state index is 13.6. The molecule has 0 bridgehead atoms. The number of hydrogen-bond donors (Lipinski definition) is 2. The Morgan fingerprint density at radius 3 is 2.00 bits per heavy atom. The van der Waals surface area contributed by atoms with E-state index in [9.17, 15) is 22.8 Å². The van der Waals surface area contributed by atoms with Crippen molar-refractivity contribution in [3.63, 3.8) is 0 Å². The van der Waals surface area contributed by atoms with Gasteiger partial charge in [-0.25, -0.2) is 8.42 Å². The molecule has 0 spiro atoms. The van der Waals surface area contributed by atoms with Gasteiger partial charge in [0.15, 0.2) is 0 Å². The van der Waals surface area contributed by atoms with Crippen LogP contribution in [0.15, 0.2) is 59.5 Å². The zero-order chi connectivity index (χ0) is 27.3. The number of likely N-dealkylation sites (tertiary alicyclic amines) is 2. The minimum atomic E-state index is -3.92. The molecule has 2 aromatic carbocycles. The summed E-state index contributed by atoms with van der Waals surface area (Å²) in [7, 11) is -3.92. The zero-order valence-electron chi connectivity index (χ0n) is 21.7. The third kappa shape index (κ3) is 6.79. The van der Waals surface area contributed by atoms with E-state index in [0.29, 0.717) is 51.9 Å². The number of aryl methyl sites for hydroxylation is 1. The second-order valence-corrected chi connectivity index (χ2v) is 12.0. The predicted octanol–water partition coefficient (Wildman–Crippen LogP) is 1.85. The fourth-order valence-electron chi connectivity index (χ4n) is 5.21. The molecule has 0 aromatic heterocycles. The number of hydrogen-bond acceptors (Lipinski definition) is 5. The van der Waals surface area contributed by atoms with Crippen molar-refractivity contribution in [3.05, 3.63) is 65.7 Å². The summed E-state index contributed by atoms with van der Waals surface area (Å²) in [6.07, 6.45) is 2.42. The first-order valence-electron chi connectivity index (χ1n) is 13.1. The molecular weight excluding hydrogens is 504 g/mol. The minimum Gasteiger partial charge on any atom is -0.369 e. The molecule has 0 aliphatic carbocycles. The van der Waals surface area contributed by atoms with Crippen molar-refractivity contribution in [1.29, 1.82) is 0 Å². The number of carbonyl (C=O) groups excluding carboxylic acids is 3. The van der Waals surface area contributed by atoms with Crippen molar-refractivity contribution in [3.8, 4) is 0 Å². The predicted molar refractivity (Wildman–Crippen MR) is 143 cm³/mol. The van der Waals surface area contributed by atoms with Crippen molar-refractivity contribution in [2.45, 2.75) is 50.0 Å². The lowest BCUT2D eigenvalue weighted by atomic mass is 9.91. The lowest BCUT2D eigenvalue weighted by Crippen LogP contribution is -2.53. The van der Waals surface area contributed by atoms with Gasteiger partial charge in [0.25, 0.3) is 0 Å². The van der Waals surface area contributed by atoms with E-state index >= 15 is 0 Å². The van der Waals surface area contributed by atoms with Crippen LogP contribution in [-0.2, 0) is 30.8 Å². The molecule has 2 aliphatic rings. The first-order chi connectivity index (χ1) is 18.1. The van der Waals surface area contributed by atoms with Crippen molar-refractivity contribution < 1.29 is 22.8 Å². The van der Waals surface area contributed by atoms with E-state index in [1.807, 2.05) is 37.3 Å². The molecule has 1 atom stereocenters. The van der Waals surface area contributed by atoms with E-state index in [2.05, 4.69) is 4.72 Å². The minimum absolute atomic E-state index is 0.0564. The largest absolute Gasteiger partial charge is 0.369 e. The highest BCUT2D eigenvalue weighted by molar-refractivity contribution is 7.89. The molecule has 2 fully saturated rings. The normalized spacial score (nSPS) is 18.2. The summed E-state index contributed by atoms with van der Waals surface area (Å²) in [6.45, 7) is 3.68. The standard InChI is InChI=1S/C28H36N4O5S/c1-20-7-9-24(10-8-20)38(36,37)30-25(19-21-5-3-2-4-6-21)28(35)32-17-13-23(14-18-32)27(34)31-15-11-22(12-16-31)26(29)33/h2-10,22-23,25,30H,11-19H2,1H3,(H2,29,33)/t25-/m0/s1. The second kappa shape index (κ2) is 12.1. The molecule has 2 heterocycles. The van der Waals surface area contributed by atoms with Gasteiger partial charge in [0.1, 0.15) is 6.04 Å². The summed E-state index contributed by atoms with van der Waals surface area (Å²) >= 11 is 0. The van der Waals surface area contributed by atoms with E-state index < -0.39 is 16.1 Å². The molecule has 204 valence electrons. The summed E-state index contributed by atoms with van der Waals surface area (Å²) in [5.74, 6) is -0.921. The summed E-state index contributed by atoms with van der Waals surface area (Å²) < 4.78 is 28.9. The van der Waals surface area contributed by atoms with E-state index in [1.165, 1.54) is 12.1 Å². The number of nitrogens with one attached hydrogen (secondary N) is 1. The fourth-order valence-corrected chi connectivity index (χ4v) is 6.40. The van der Waals surface area contributed by atoms with E-state index in [-0.39, 0.29) is 40.9 Å². The average Bonchev–Trinajstić information content (AvgIpc) is 2.93.